The van der Waals surface area contributed by atoms with E-state index in [0.717, 1.165) is 6.54 Å². The van der Waals surface area contributed by atoms with Crippen LogP contribution in [0.3, 0.4) is 0 Å². The Morgan fingerprint density at radius 2 is 2.24 bits per heavy atom. The molecule has 114 valence electrons. The fourth-order valence-electron chi connectivity index (χ4n) is 3.24. The SMILES string of the molecule is CCOC(=O)c1cnc(NC2CN3CCC2CC3)nc1C. The first-order valence-electron chi connectivity index (χ1n) is 7.67. The van der Waals surface area contributed by atoms with Gasteiger partial charge in [0.05, 0.1) is 17.9 Å². The highest BCUT2D eigenvalue weighted by Gasteiger charge is 2.34. The highest BCUT2D eigenvalue weighted by molar-refractivity contribution is 5.90. The number of esters is 1. The molecule has 0 amide bonds. The lowest BCUT2D eigenvalue weighted by Gasteiger charge is -2.44. The van der Waals surface area contributed by atoms with E-state index >= 15 is 0 Å². The Hall–Kier alpha value is -1.69. The Balaban J connectivity index is 1.69. The van der Waals surface area contributed by atoms with Crippen LogP contribution in [0.15, 0.2) is 6.20 Å². The van der Waals surface area contributed by atoms with Crippen molar-refractivity contribution in [3.8, 4) is 0 Å². The third-order valence-electron chi connectivity index (χ3n) is 4.45. The molecule has 3 aliphatic rings. The molecule has 3 saturated heterocycles. The van der Waals surface area contributed by atoms with Crippen LogP contribution in [0.25, 0.3) is 0 Å². The number of aryl methyl sites for hydroxylation is 1. The molecule has 1 aromatic rings. The van der Waals surface area contributed by atoms with Gasteiger partial charge in [0, 0.05) is 18.8 Å². The van der Waals surface area contributed by atoms with Crippen LogP contribution in [0.2, 0.25) is 0 Å². The number of nitrogens with one attached hydrogen (secondary N) is 1. The van der Waals surface area contributed by atoms with Gasteiger partial charge in [0.2, 0.25) is 5.95 Å². The van der Waals surface area contributed by atoms with Crippen molar-refractivity contribution in [1.82, 2.24) is 14.9 Å². The molecule has 3 fully saturated rings. The summed E-state index contributed by atoms with van der Waals surface area (Å²) in [7, 11) is 0. The number of piperidine rings is 3. The molecule has 0 saturated carbocycles. The average molecular weight is 290 g/mol. The largest absolute Gasteiger partial charge is 0.462 e. The van der Waals surface area contributed by atoms with E-state index < -0.39 is 0 Å². The Morgan fingerprint density at radius 1 is 1.48 bits per heavy atom. The van der Waals surface area contributed by atoms with Gasteiger partial charge in [0.1, 0.15) is 0 Å². The maximum atomic E-state index is 11.7. The number of carbonyl (C=O) groups excluding carboxylic acids is 1. The molecule has 0 aromatic carbocycles. The monoisotopic (exact) mass is 290 g/mol. The minimum Gasteiger partial charge on any atom is -0.462 e. The molecular weight excluding hydrogens is 268 g/mol. The van der Waals surface area contributed by atoms with Crippen LogP contribution in [0, 0.1) is 12.8 Å². The van der Waals surface area contributed by atoms with Crippen molar-refractivity contribution in [2.24, 2.45) is 5.92 Å². The second-order valence-electron chi connectivity index (χ2n) is 5.80. The van der Waals surface area contributed by atoms with Gasteiger partial charge in [-0.05, 0) is 45.7 Å². The van der Waals surface area contributed by atoms with Gasteiger partial charge in [0.25, 0.3) is 0 Å². The third kappa shape index (κ3) is 3.00. The zero-order valence-corrected chi connectivity index (χ0v) is 12.6. The standard InChI is InChI=1S/C15H22N4O2/c1-3-21-14(20)12-8-16-15(17-10(12)2)18-13-9-19-6-4-11(13)5-7-19/h8,11,13H,3-7,9H2,1-2H3,(H,16,17,18). The number of nitrogens with zero attached hydrogens (tertiary/aromatic N) is 3. The topological polar surface area (TPSA) is 67.3 Å². The maximum absolute atomic E-state index is 11.7. The number of aromatic nitrogens is 2. The second-order valence-corrected chi connectivity index (χ2v) is 5.80. The van der Waals surface area contributed by atoms with E-state index in [-0.39, 0.29) is 5.97 Å². The number of fused-ring (bicyclic) bond motifs is 3. The van der Waals surface area contributed by atoms with E-state index in [0.29, 0.717) is 35.8 Å². The molecule has 6 nitrogen and oxygen atoms in total. The van der Waals surface area contributed by atoms with Gasteiger partial charge in [-0.3, -0.25) is 0 Å². The van der Waals surface area contributed by atoms with Crippen LogP contribution in [0.1, 0.15) is 35.8 Å². The molecule has 1 unspecified atom stereocenters. The van der Waals surface area contributed by atoms with E-state index in [1.807, 2.05) is 6.92 Å². The molecule has 1 aromatic heterocycles. The smallest absolute Gasteiger partial charge is 0.341 e. The molecule has 21 heavy (non-hydrogen) atoms. The first-order valence-corrected chi connectivity index (χ1v) is 7.67. The molecule has 4 rings (SSSR count). The van der Waals surface area contributed by atoms with Crippen molar-refractivity contribution >= 4 is 11.9 Å². The zero-order valence-electron chi connectivity index (χ0n) is 12.6. The number of hydrogen-bond acceptors (Lipinski definition) is 6. The molecule has 0 spiro atoms. The molecule has 0 radical (unpaired) electrons. The molecule has 1 N–H and O–H groups in total. The minimum atomic E-state index is -0.357. The van der Waals surface area contributed by atoms with E-state index in [1.165, 1.54) is 25.9 Å². The molecular formula is C15H22N4O2. The lowest BCUT2D eigenvalue weighted by atomic mass is 9.84. The summed E-state index contributed by atoms with van der Waals surface area (Å²) in [5.74, 6) is 0.965. The number of rotatable bonds is 4. The lowest BCUT2D eigenvalue weighted by Crippen LogP contribution is -2.53. The quantitative estimate of drug-likeness (QED) is 0.847. The first-order chi connectivity index (χ1) is 10.2. The lowest BCUT2D eigenvalue weighted by molar-refractivity contribution is 0.0524. The molecule has 4 heterocycles. The van der Waals surface area contributed by atoms with Crippen molar-refractivity contribution in [1.29, 1.82) is 0 Å². The Bertz CT molecular complexity index is 526. The van der Waals surface area contributed by atoms with Crippen LogP contribution in [0.5, 0.6) is 0 Å². The maximum Gasteiger partial charge on any atom is 0.341 e. The van der Waals surface area contributed by atoms with Crippen molar-refractivity contribution in [2.45, 2.75) is 32.7 Å². The van der Waals surface area contributed by atoms with E-state index in [9.17, 15) is 4.79 Å². The molecule has 1 atom stereocenters. The van der Waals surface area contributed by atoms with Crippen molar-refractivity contribution in [2.75, 3.05) is 31.6 Å². The third-order valence-corrected chi connectivity index (χ3v) is 4.45. The van der Waals surface area contributed by atoms with E-state index in [1.54, 1.807) is 13.1 Å². The molecule has 6 heteroatoms. The number of anilines is 1. The summed E-state index contributed by atoms with van der Waals surface area (Å²) in [5.41, 5.74) is 1.10. The van der Waals surface area contributed by atoms with E-state index in [2.05, 4.69) is 20.2 Å². The fraction of sp³-hybridized carbons (Fsp3) is 0.667. The minimum absolute atomic E-state index is 0.357. The van der Waals surface area contributed by atoms with Crippen molar-refractivity contribution in [3.63, 3.8) is 0 Å². The van der Waals surface area contributed by atoms with E-state index in [4.69, 9.17) is 4.74 Å². The van der Waals surface area contributed by atoms with Crippen molar-refractivity contribution < 1.29 is 9.53 Å². The highest BCUT2D eigenvalue weighted by Crippen LogP contribution is 2.29. The summed E-state index contributed by atoms with van der Waals surface area (Å²) in [6.45, 7) is 7.45. The van der Waals surface area contributed by atoms with Gasteiger partial charge < -0.3 is 15.0 Å². The number of carbonyl (C=O) groups is 1. The number of ether oxygens (including phenoxy) is 1. The Labute approximate surface area is 124 Å². The highest BCUT2D eigenvalue weighted by atomic mass is 16.5. The van der Waals surface area contributed by atoms with Gasteiger partial charge in [-0.25, -0.2) is 14.8 Å². The summed E-state index contributed by atoms with van der Waals surface area (Å²) < 4.78 is 4.99. The first kappa shape index (κ1) is 14.3. The molecule has 2 bridgehead atoms. The normalized spacial score (nSPS) is 27.4. The van der Waals surface area contributed by atoms with Gasteiger partial charge in [-0.2, -0.15) is 0 Å². The Morgan fingerprint density at radius 3 is 2.81 bits per heavy atom. The zero-order chi connectivity index (χ0) is 14.8. The van der Waals surface area contributed by atoms with Crippen LogP contribution in [0.4, 0.5) is 5.95 Å². The average Bonchev–Trinajstić information content (AvgIpc) is 2.49. The predicted molar refractivity (Wildman–Crippen MR) is 79.3 cm³/mol. The number of hydrogen-bond donors (Lipinski definition) is 1. The summed E-state index contributed by atoms with van der Waals surface area (Å²) in [5, 5.41) is 3.44. The van der Waals surface area contributed by atoms with Crippen LogP contribution in [-0.4, -0.2) is 53.1 Å². The summed E-state index contributed by atoms with van der Waals surface area (Å²) >= 11 is 0. The summed E-state index contributed by atoms with van der Waals surface area (Å²) in [6.07, 6.45) is 4.05. The van der Waals surface area contributed by atoms with Gasteiger partial charge in [-0.1, -0.05) is 0 Å². The fourth-order valence-corrected chi connectivity index (χ4v) is 3.24. The Kier molecular flexibility index (Phi) is 4.05. The predicted octanol–water partition coefficient (Wildman–Crippen LogP) is 1.47. The van der Waals surface area contributed by atoms with Gasteiger partial charge >= 0.3 is 5.97 Å². The second kappa shape index (κ2) is 5.97. The van der Waals surface area contributed by atoms with Crippen LogP contribution >= 0.6 is 0 Å². The van der Waals surface area contributed by atoms with Crippen LogP contribution in [-0.2, 0) is 4.74 Å². The molecule has 3 aliphatic heterocycles. The summed E-state index contributed by atoms with van der Waals surface area (Å²) in [4.78, 5) is 22.9. The van der Waals surface area contributed by atoms with Crippen molar-refractivity contribution in [3.05, 3.63) is 17.5 Å². The van der Waals surface area contributed by atoms with Gasteiger partial charge in [-0.15, -0.1) is 0 Å². The van der Waals surface area contributed by atoms with Crippen LogP contribution < -0.4 is 5.32 Å². The van der Waals surface area contributed by atoms with Gasteiger partial charge in [0.15, 0.2) is 0 Å². The summed E-state index contributed by atoms with van der Waals surface area (Å²) in [6, 6.07) is 0.417. The molecule has 0 aliphatic carbocycles.